The highest BCUT2D eigenvalue weighted by molar-refractivity contribution is 7.80. The third-order valence-electron chi connectivity index (χ3n) is 2.54. The van der Waals surface area contributed by atoms with E-state index in [9.17, 15) is 0 Å². The van der Waals surface area contributed by atoms with Crippen LogP contribution in [-0.2, 0) is 9.47 Å². The zero-order valence-electron chi connectivity index (χ0n) is 9.49. The fraction of sp³-hybridized carbons (Fsp3) is 0.900. The van der Waals surface area contributed by atoms with Gasteiger partial charge < -0.3 is 19.7 Å². The molecule has 88 valence electrons. The van der Waals surface area contributed by atoms with Crippen LogP contribution in [0.2, 0.25) is 0 Å². The van der Waals surface area contributed by atoms with E-state index in [2.05, 4.69) is 17.1 Å². The number of hydrogen-bond donors (Lipinski definition) is 1. The van der Waals surface area contributed by atoms with E-state index < -0.39 is 0 Å². The molecule has 5 heteroatoms. The number of hydrogen-bond acceptors (Lipinski definition) is 3. The summed E-state index contributed by atoms with van der Waals surface area (Å²) in [6.45, 7) is 6.04. The van der Waals surface area contributed by atoms with E-state index in [1.807, 2.05) is 0 Å². The average molecular weight is 232 g/mol. The topological polar surface area (TPSA) is 33.7 Å². The lowest BCUT2D eigenvalue weighted by Crippen LogP contribution is -2.52. The van der Waals surface area contributed by atoms with Gasteiger partial charge >= 0.3 is 0 Å². The van der Waals surface area contributed by atoms with Crippen LogP contribution in [0.15, 0.2) is 0 Å². The minimum Gasteiger partial charge on any atom is -0.383 e. The molecule has 15 heavy (non-hydrogen) atoms. The van der Waals surface area contributed by atoms with Crippen LogP contribution >= 0.6 is 12.2 Å². The van der Waals surface area contributed by atoms with E-state index >= 15 is 0 Å². The first kappa shape index (κ1) is 12.7. The van der Waals surface area contributed by atoms with Gasteiger partial charge in [-0.25, -0.2) is 0 Å². The summed E-state index contributed by atoms with van der Waals surface area (Å²) in [4.78, 5) is 2.22. The van der Waals surface area contributed by atoms with Crippen LogP contribution in [0.3, 0.4) is 0 Å². The fourth-order valence-electron chi connectivity index (χ4n) is 1.62. The van der Waals surface area contributed by atoms with Gasteiger partial charge in [0.25, 0.3) is 0 Å². The largest absolute Gasteiger partial charge is 0.383 e. The van der Waals surface area contributed by atoms with Crippen molar-refractivity contribution in [3.05, 3.63) is 0 Å². The Labute approximate surface area is 96.9 Å². The summed E-state index contributed by atoms with van der Waals surface area (Å²) in [5, 5.41) is 4.02. The van der Waals surface area contributed by atoms with Crippen molar-refractivity contribution in [3.8, 4) is 0 Å². The lowest BCUT2D eigenvalue weighted by atomic mass is 10.2. The van der Waals surface area contributed by atoms with Crippen molar-refractivity contribution in [3.63, 3.8) is 0 Å². The van der Waals surface area contributed by atoms with Gasteiger partial charge in [0.05, 0.1) is 25.9 Å². The van der Waals surface area contributed by atoms with E-state index in [0.29, 0.717) is 12.6 Å². The number of methoxy groups -OCH3 is 1. The third kappa shape index (κ3) is 3.93. The predicted octanol–water partition coefficient (Wildman–Crippen LogP) is 0.618. The Morgan fingerprint density at radius 1 is 1.67 bits per heavy atom. The Balaban J connectivity index is 2.34. The van der Waals surface area contributed by atoms with E-state index in [1.165, 1.54) is 0 Å². The van der Waals surface area contributed by atoms with Crippen LogP contribution in [0.4, 0.5) is 0 Å². The Kier molecular flexibility index (Phi) is 5.90. The molecule has 1 aliphatic rings. The highest BCUT2D eigenvalue weighted by Crippen LogP contribution is 2.10. The summed E-state index contributed by atoms with van der Waals surface area (Å²) in [6, 6.07) is 0.418. The van der Waals surface area contributed by atoms with E-state index in [-0.39, 0.29) is 0 Å². The second-order valence-electron chi connectivity index (χ2n) is 3.56. The first-order valence-corrected chi connectivity index (χ1v) is 5.81. The molecule has 1 atom stereocenters. The highest BCUT2D eigenvalue weighted by atomic mass is 32.1. The van der Waals surface area contributed by atoms with Crippen molar-refractivity contribution in [1.82, 2.24) is 10.2 Å². The summed E-state index contributed by atoms with van der Waals surface area (Å²) in [6.07, 6.45) is 1.06. The van der Waals surface area contributed by atoms with Crippen LogP contribution in [0, 0.1) is 0 Å². The first-order valence-electron chi connectivity index (χ1n) is 5.40. The van der Waals surface area contributed by atoms with E-state index in [1.54, 1.807) is 7.11 Å². The predicted molar refractivity (Wildman–Crippen MR) is 64.1 cm³/mol. The van der Waals surface area contributed by atoms with E-state index in [4.69, 9.17) is 21.7 Å². The lowest BCUT2D eigenvalue weighted by molar-refractivity contribution is 0.0247. The number of nitrogens with zero attached hydrogens (tertiary/aromatic N) is 1. The van der Waals surface area contributed by atoms with Crippen molar-refractivity contribution in [2.24, 2.45) is 0 Å². The SMILES string of the molecule is CCC1COCCN1C(=S)NCCOC. The second-order valence-corrected chi connectivity index (χ2v) is 3.94. The Morgan fingerprint density at radius 3 is 3.13 bits per heavy atom. The molecule has 0 spiro atoms. The third-order valence-corrected chi connectivity index (χ3v) is 2.92. The number of nitrogens with one attached hydrogen (secondary N) is 1. The minimum atomic E-state index is 0.418. The van der Waals surface area contributed by atoms with E-state index in [0.717, 1.165) is 37.8 Å². The molecule has 0 amide bonds. The molecule has 1 unspecified atom stereocenters. The molecule has 0 bridgehead atoms. The van der Waals surface area contributed by atoms with Gasteiger partial charge in [0.1, 0.15) is 0 Å². The van der Waals surface area contributed by atoms with Crippen molar-refractivity contribution in [2.45, 2.75) is 19.4 Å². The monoisotopic (exact) mass is 232 g/mol. The van der Waals surface area contributed by atoms with Gasteiger partial charge in [-0.15, -0.1) is 0 Å². The molecular formula is C10H20N2O2S. The Bertz CT molecular complexity index is 202. The molecule has 0 saturated carbocycles. The maximum absolute atomic E-state index is 5.43. The minimum absolute atomic E-state index is 0.418. The number of ether oxygens (including phenoxy) is 2. The summed E-state index contributed by atoms with van der Waals surface area (Å²) in [5.41, 5.74) is 0. The molecule has 0 aliphatic carbocycles. The quantitative estimate of drug-likeness (QED) is 0.567. The first-order chi connectivity index (χ1) is 7.29. The molecule has 1 fully saturated rings. The van der Waals surface area contributed by atoms with Gasteiger partial charge in [-0.3, -0.25) is 0 Å². The molecule has 4 nitrogen and oxygen atoms in total. The van der Waals surface area contributed by atoms with Gasteiger partial charge in [-0.1, -0.05) is 6.92 Å². The smallest absolute Gasteiger partial charge is 0.169 e. The molecule has 0 aromatic heterocycles. The molecule has 1 rings (SSSR count). The van der Waals surface area contributed by atoms with Gasteiger partial charge in [0, 0.05) is 20.2 Å². The zero-order valence-corrected chi connectivity index (χ0v) is 10.3. The van der Waals surface area contributed by atoms with Crippen LogP contribution in [0.1, 0.15) is 13.3 Å². The molecule has 1 aliphatic heterocycles. The van der Waals surface area contributed by atoms with Crippen LogP contribution in [0.5, 0.6) is 0 Å². The molecule has 0 aromatic carbocycles. The van der Waals surface area contributed by atoms with Crippen molar-refractivity contribution in [1.29, 1.82) is 0 Å². The van der Waals surface area contributed by atoms with Crippen LogP contribution in [0.25, 0.3) is 0 Å². The van der Waals surface area contributed by atoms with Gasteiger partial charge in [0.15, 0.2) is 5.11 Å². The van der Waals surface area contributed by atoms with Gasteiger partial charge in [-0.05, 0) is 18.6 Å². The molecule has 0 aromatic rings. The highest BCUT2D eigenvalue weighted by Gasteiger charge is 2.22. The molecule has 1 heterocycles. The Morgan fingerprint density at radius 2 is 2.47 bits per heavy atom. The average Bonchev–Trinajstić information content (AvgIpc) is 2.29. The van der Waals surface area contributed by atoms with Gasteiger partial charge in [-0.2, -0.15) is 0 Å². The second kappa shape index (κ2) is 6.98. The van der Waals surface area contributed by atoms with Gasteiger partial charge in [0.2, 0.25) is 0 Å². The molecular weight excluding hydrogens is 212 g/mol. The zero-order chi connectivity index (χ0) is 11.1. The number of rotatable bonds is 4. The lowest BCUT2D eigenvalue weighted by Gasteiger charge is -2.37. The Hall–Kier alpha value is -0.390. The summed E-state index contributed by atoms with van der Waals surface area (Å²) >= 11 is 5.33. The van der Waals surface area contributed by atoms with Crippen molar-refractivity contribution >= 4 is 17.3 Å². The fourth-order valence-corrected chi connectivity index (χ4v) is 1.96. The normalized spacial score (nSPS) is 21.5. The summed E-state index contributed by atoms with van der Waals surface area (Å²) < 4.78 is 10.4. The summed E-state index contributed by atoms with van der Waals surface area (Å²) in [7, 11) is 1.69. The molecule has 0 radical (unpaired) electrons. The van der Waals surface area contributed by atoms with Crippen molar-refractivity contribution < 1.29 is 9.47 Å². The van der Waals surface area contributed by atoms with Crippen molar-refractivity contribution in [2.75, 3.05) is 40.0 Å². The molecule has 1 saturated heterocycles. The van der Waals surface area contributed by atoms with Crippen LogP contribution in [-0.4, -0.2) is 56.1 Å². The maximum atomic E-state index is 5.43. The summed E-state index contributed by atoms with van der Waals surface area (Å²) in [5.74, 6) is 0. The molecule has 1 N–H and O–H groups in total. The number of morpholine rings is 1. The van der Waals surface area contributed by atoms with Crippen LogP contribution < -0.4 is 5.32 Å². The number of thiocarbonyl (C=S) groups is 1. The maximum Gasteiger partial charge on any atom is 0.169 e. The standard InChI is InChI=1S/C10H20N2O2S/c1-3-9-8-14-7-5-12(9)10(15)11-4-6-13-2/h9H,3-8H2,1-2H3,(H,11,15).